The Morgan fingerprint density at radius 2 is 1.74 bits per heavy atom. The molecule has 1 unspecified atom stereocenters. The van der Waals surface area contributed by atoms with E-state index in [4.69, 9.17) is 4.42 Å². The third-order valence-electron chi connectivity index (χ3n) is 4.94. The number of benzene rings is 2. The number of halogens is 3. The Kier molecular flexibility index (Phi) is 7.18. The topological polar surface area (TPSA) is 91.5 Å². The van der Waals surface area contributed by atoms with Crippen molar-refractivity contribution >= 4 is 17.5 Å². The van der Waals surface area contributed by atoms with E-state index >= 15 is 0 Å². The van der Waals surface area contributed by atoms with Gasteiger partial charge < -0.3 is 19.7 Å². The van der Waals surface area contributed by atoms with Gasteiger partial charge in [-0.25, -0.2) is 4.79 Å². The molecule has 0 saturated carbocycles. The van der Waals surface area contributed by atoms with E-state index in [2.05, 4.69) is 15.5 Å². The van der Waals surface area contributed by atoms with E-state index in [1.54, 1.807) is 24.3 Å². The predicted molar refractivity (Wildman–Crippen MR) is 122 cm³/mol. The maximum atomic E-state index is 12.8. The van der Waals surface area contributed by atoms with Crippen LogP contribution in [0.4, 0.5) is 29.3 Å². The van der Waals surface area contributed by atoms with Crippen molar-refractivity contribution in [2.45, 2.75) is 39.8 Å². The van der Waals surface area contributed by atoms with Gasteiger partial charge in [0.05, 0.1) is 22.7 Å². The number of aromatic nitrogens is 2. The second-order valence-electron chi connectivity index (χ2n) is 9.32. The van der Waals surface area contributed by atoms with Crippen molar-refractivity contribution in [1.82, 2.24) is 15.1 Å². The second kappa shape index (κ2) is 9.74. The number of anilines is 2. The van der Waals surface area contributed by atoms with Gasteiger partial charge in [-0.05, 0) is 41.8 Å². The third-order valence-corrected chi connectivity index (χ3v) is 4.94. The van der Waals surface area contributed by atoms with Crippen LogP contribution in [-0.2, 0) is 6.18 Å². The standard InChI is InChI=1S/C24H27F3N4O3/c1-15(13-31(22(32)33)14-23(2,3)4)20-29-30-21(34-20)18-7-5-6-8-19(18)28-17-11-9-16(10-12-17)24(25,26)27/h5-12,15,28H,13-14H2,1-4H3,(H,32,33). The Morgan fingerprint density at radius 3 is 2.32 bits per heavy atom. The largest absolute Gasteiger partial charge is 0.465 e. The molecule has 182 valence electrons. The Morgan fingerprint density at radius 1 is 1.09 bits per heavy atom. The quantitative estimate of drug-likeness (QED) is 0.398. The van der Waals surface area contributed by atoms with E-state index in [-0.39, 0.29) is 23.8 Å². The summed E-state index contributed by atoms with van der Waals surface area (Å²) in [6.45, 7) is 8.23. The highest BCUT2D eigenvalue weighted by atomic mass is 19.4. The molecule has 7 nitrogen and oxygen atoms in total. The maximum Gasteiger partial charge on any atom is 0.416 e. The van der Waals surface area contributed by atoms with Crippen LogP contribution in [0, 0.1) is 5.41 Å². The maximum absolute atomic E-state index is 12.8. The zero-order valence-electron chi connectivity index (χ0n) is 19.3. The SMILES string of the molecule is CC(CN(CC(C)(C)C)C(=O)O)c1nnc(-c2ccccc2Nc2ccc(C(F)(F)F)cc2)o1. The van der Waals surface area contributed by atoms with Crippen molar-refractivity contribution < 1.29 is 27.5 Å². The highest BCUT2D eigenvalue weighted by Gasteiger charge is 2.30. The second-order valence-corrected chi connectivity index (χ2v) is 9.32. The average molecular weight is 476 g/mol. The molecule has 0 bridgehead atoms. The van der Waals surface area contributed by atoms with Crippen molar-refractivity contribution in [2.24, 2.45) is 5.41 Å². The molecule has 10 heteroatoms. The number of hydrogen-bond acceptors (Lipinski definition) is 5. The molecule has 0 saturated heterocycles. The van der Waals surface area contributed by atoms with Crippen LogP contribution in [0.15, 0.2) is 52.9 Å². The Balaban J connectivity index is 1.78. The van der Waals surface area contributed by atoms with E-state index < -0.39 is 17.8 Å². The van der Waals surface area contributed by atoms with Crippen molar-refractivity contribution in [3.63, 3.8) is 0 Å². The summed E-state index contributed by atoms with van der Waals surface area (Å²) in [5.41, 5.74) is 0.667. The van der Waals surface area contributed by atoms with Crippen molar-refractivity contribution in [1.29, 1.82) is 0 Å². The Labute approximate surface area is 195 Å². The van der Waals surface area contributed by atoms with Crippen molar-refractivity contribution in [3.8, 4) is 11.5 Å². The first kappa shape index (κ1) is 25.1. The number of nitrogens with one attached hydrogen (secondary N) is 1. The average Bonchev–Trinajstić information content (AvgIpc) is 3.22. The van der Waals surface area contributed by atoms with E-state index in [0.717, 1.165) is 12.1 Å². The van der Waals surface area contributed by atoms with Crippen LogP contribution in [-0.4, -0.2) is 39.4 Å². The van der Waals surface area contributed by atoms with E-state index in [1.165, 1.54) is 17.0 Å². The molecule has 1 aromatic heterocycles. The summed E-state index contributed by atoms with van der Waals surface area (Å²) in [4.78, 5) is 13.0. The molecular weight excluding hydrogens is 449 g/mol. The number of nitrogens with zero attached hydrogens (tertiary/aromatic N) is 3. The molecule has 3 rings (SSSR count). The van der Waals surface area contributed by atoms with Crippen LogP contribution in [0.3, 0.4) is 0 Å². The molecule has 2 N–H and O–H groups in total. The molecule has 1 atom stereocenters. The number of alkyl halides is 3. The number of hydrogen-bond donors (Lipinski definition) is 2. The Bertz CT molecular complexity index is 1120. The predicted octanol–water partition coefficient (Wildman–Crippen LogP) is 6.63. The minimum atomic E-state index is -4.41. The molecule has 1 heterocycles. The molecule has 2 aromatic carbocycles. The van der Waals surface area contributed by atoms with Crippen molar-refractivity contribution in [3.05, 3.63) is 60.0 Å². The van der Waals surface area contributed by atoms with Crippen molar-refractivity contribution in [2.75, 3.05) is 18.4 Å². The number of para-hydroxylation sites is 1. The minimum absolute atomic E-state index is 0.194. The lowest BCUT2D eigenvalue weighted by atomic mass is 9.95. The number of carbonyl (C=O) groups is 1. The van der Waals surface area contributed by atoms with Gasteiger partial charge in [0.25, 0.3) is 0 Å². The molecule has 1 amide bonds. The molecular formula is C24H27F3N4O3. The molecule has 3 aromatic rings. The fourth-order valence-electron chi connectivity index (χ4n) is 3.41. The molecule has 0 radical (unpaired) electrons. The summed E-state index contributed by atoms with van der Waals surface area (Å²) in [6.07, 6.45) is -5.43. The molecule has 34 heavy (non-hydrogen) atoms. The monoisotopic (exact) mass is 476 g/mol. The molecule has 0 fully saturated rings. The van der Waals surface area contributed by atoms with Gasteiger partial charge in [-0.2, -0.15) is 13.2 Å². The van der Waals surface area contributed by atoms with Crippen LogP contribution in [0.5, 0.6) is 0 Å². The fourth-order valence-corrected chi connectivity index (χ4v) is 3.41. The van der Waals surface area contributed by atoms with Gasteiger partial charge in [0, 0.05) is 18.8 Å². The first-order valence-electron chi connectivity index (χ1n) is 10.7. The van der Waals surface area contributed by atoms with E-state index in [0.29, 0.717) is 29.4 Å². The van der Waals surface area contributed by atoms with Gasteiger partial charge in [0.15, 0.2) is 0 Å². The molecule has 0 spiro atoms. The summed E-state index contributed by atoms with van der Waals surface area (Å²) in [5, 5.41) is 20.8. The van der Waals surface area contributed by atoms with Gasteiger partial charge in [-0.15, -0.1) is 10.2 Å². The minimum Gasteiger partial charge on any atom is -0.465 e. The summed E-state index contributed by atoms with van der Waals surface area (Å²) < 4.78 is 44.3. The zero-order valence-corrected chi connectivity index (χ0v) is 19.3. The first-order chi connectivity index (χ1) is 15.8. The summed E-state index contributed by atoms with van der Waals surface area (Å²) in [7, 11) is 0. The third kappa shape index (κ3) is 6.49. The molecule has 0 aliphatic heterocycles. The number of amides is 1. The van der Waals surface area contributed by atoms with Crippen LogP contribution < -0.4 is 5.32 Å². The zero-order chi connectivity index (χ0) is 25.1. The van der Waals surface area contributed by atoms with Gasteiger partial charge >= 0.3 is 12.3 Å². The summed E-state index contributed by atoms with van der Waals surface area (Å²) in [6, 6.07) is 11.7. The van der Waals surface area contributed by atoms with Crippen LogP contribution in [0.2, 0.25) is 0 Å². The van der Waals surface area contributed by atoms with Gasteiger partial charge in [0.1, 0.15) is 0 Å². The number of carboxylic acid groups (broad SMARTS) is 1. The van der Waals surface area contributed by atoms with Crippen LogP contribution in [0.1, 0.15) is 45.1 Å². The summed E-state index contributed by atoms with van der Waals surface area (Å²) >= 11 is 0. The molecule has 0 aliphatic rings. The van der Waals surface area contributed by atoms with Gasteiger partial charge in [-0.1, -0.05) is 39.8 Å². The van der Waals surface area contributed by atoms with E-state index in [9.17, 15) is 23.1 Å². The van der Waals surface area contributed by atoms with Gasteiger partial charge in [0.2, 0.25) is 11.8 Å². The van der Waals surface area contributed by atoms with E-state index in [1.807, 2.05) is 27.7 Å². The smallest absolute Gasteiger partial charge is 0.416 e. The van der Waals surface area contributed by atoms with Crippen LogP contribution in [0.25, 0.3) is 11.5 Å². The highest BCUT2D eigenvalue weighted by Crippen LogP contribution is 2.33. The summed E-state index contributed by atoms with van der Waals surface area (Å²) in [5.74, 6) is 0.170. The lowest BCUT2D eigenvalue weighted by Gasteiger charge is -2.29. The first-order valence-corrected chi connectivity index (χ1v) is 10.7. The van der Waals surface area contributed by atoms with Gasteiger partial charge in [-0.3, -0.25) is 0 Å². The highest BCUT2D eigenvalue weighted by molar-refractivity contribution is 5.76. The normalized spacial score (nSPS) is 12.9. The number of rotatable bonds is 7. The molecule has 0 aliphatic carbocycles. The Hall–Kier alpha value is -3.56. The lowest BCUT2D eigenvalue weighted by Crippen LogP contribution is -2.39. The lowest BCUT2D eigenvalue weighted by molar-refractivity contribution is -0.137. The van der Waals surface area contributed by atoms with Crippen LogP contribution >= 0.6 is 0 Å². The fraction of sp³-hybridized carbons (Fsp3) is 0.375.